The summed E-state index contributed by atoms with van der Waals surface area (Å²) in [5.41, 5.74) is -0.268. The second kappa shape index (κ2) is 14.8. The molecule has 1 heterocycles. The molecule has 1 amide bonds. The van der Waals surface area contributed by atoms with Crippen molar-refractivity contribution in [2.45, 2.75) is 83.8 Å². The molecule has 4 atom stereocenters. The zero-order chi connectivity index (χ0) is 34.4. The van der Waals surface area contributed by atoms with Crippen LogP contribution in [0, 0.1) is 26.1 Å². The second-order valence-electron chi connectivity index (χ2n) is 12.4. The van der Waals surface area contributed by atoms with Crippen LogP contribution in [0.1, 0.15) is 45.2 Å². The Morgan fingerprint density at radius 3 is 1.96 bits per heavy atom. The van der Waals surface area contributed by atoms with E-state index in [9.17, 15) is 39.7 Å². The van der Waals surface area contributed by atoms with Gasteiger partial charge in [-0.3, -0.25) is 25.0 Å². The maximum absolute atomic E-state index is 13.3. The van der Waals surface area contributed by atoms with E-state index in [1.807, 2.05) is 13.1 Å². The van der Waals surface area contributed by atoms with Gasteiger partial charge in [-0.2, -0.15) is 0 Å². The lowest BCUT2D eigenvalue weighted by molar-refractivity contribution is -0.386. The van der Waals surface area contributed by atoms with E-state index in [-0.39, 0.29) is 40.6 Å². The number of hydrogen-bond acceptors (Lipinski definition) is 12. The zero-order valence-electron chi connectivity index (χ0n) is 26.5. The first-order valence-electron chi connectivity index (χ1n) is 14.5. The van der Waals surface area contributed by atoms with Gasteiger partial charge in [0.2, 0.25) is 12.1 Å². The molecule has 15 nitrogen and oxygen atoms in total. The predicted molar refractivity (Wildman–Crippen MR) is 165 cm³/mol. The Balaban J connectivity index is 1.71. The summed E-state index contributed by atoms with van der Waals surface area (Å²) in [6.07, 6.45) is -4.11. The second-order valence-corrected chi connectivity index (χ2v) is 17.2. The molecule has 0 spiro atoms. The van der Waals surface area contributed by atoms with Crippen molar-refractivity contribution in [1.29, 1.82) is 0 Å². The Hall–Kier alpha value is -4.41. The number of amides is 1. The van der Waals surface area contributed by atoms with Crippen molar-refractivity contribution >= 4 is 37.7 Å². The number of rotatable bonds is 14. The van der Waals surface area contributed by atoms with Crippen LogP contribution in [0.4, 0.5) is 16.2 Å². The van der Waals surface area contributed by atoms with Crippen LogP contribution in [-0.2, 0) is 41.4 Å². The molecule has 1 aliphatic rings. The molecule has 3 unspecified atom stereocenters. The first-order chi connectivity index (χ1) is 21.5. The van der Waals surface area contributed by atoms with Gasteiger partial charge in [-0.05, 0) is 43.6 Å². The molecule has 0 saturated carbocycles. The van der Waals surface area contributed by atoms with Gasteiger partial charge >= 0.3 is 12.1 Å². The third-order valence-corrected chi connectivity index (χ3v) is 12.9. The van der Waals surface area contributed by atoms with E-state index in [0.717, 1.165) is 4.90 Å². The number of para-hydroxylation sites is 2. The van der Waals surface area contributed by atoms with Gasteiger partial charge in [-0.15, -0.1) is 0 Å². The van der Waals surface area contributed by atoms with Crippen molar-refractivity contribution in [3.05, 3.63) is 79.9 Å². The van der Waals surface area contributed by atoms with Crippen LogP contribution in [0.15, 0.2) is 48.5 Å². The SMILES string of the molecule is C[C@H](OC(=O)OCc1ccccc1[N+](=O)[O-])C1C(=O)N(C(O)C(=O)OCc2ccccc2[N+](=O)[O-])C1CCO[Si](C)(C)C(C)(C)C. The molecule has 16 heteroatoms. The Bertz CT molecular complexity index is 1460. The average molecular weight is 662 g/mol. The highest BCUT2D eigenvalue weighted by atomic mass is 28.4. The number of β-lactam (4-membered cyclic amide) rings is 1. The van der Waals surface area contributed by atoms with E-state index in [2.05, 4.69) is 20.8 Å². The molecule has 1 saturated heterocycles. The lowest BCUT2D eigenvalue weighted by Gasteiger charge is -2.50. The van der Waals surface area contributed by atoms with E-state index in [4.69, 9.17) is 18.6 Å². The van der Waals surface area contributed by atoms with Crippen LogP contribution >= 0.6 is 0 Å². The fourth-order valence-corrected chi connectivity index (χ4v) is 5.79. The van der Waals surface area contributed by atoms with Crippen LogP contribution in [0.25, 0.3) is 0 Å². The van der Waals surface area contributed by atoms with Gasteiger partial charge in [-0.25, -0.2) is 9.59 Å². The van der Waals surface area contributed by atoms with Gasteiger partial charge in [-0.1, -0.05) is 45.0 Å². The van der Waals surface area contributed by atoms with Crippen LogP contribution in [0.5, 0.6) is 0 Å². The van der Waals surface area contributed by atoms with E-state index in [1.165, 1.54) is 49.4 Å². The van der Waals surface area contributed by atoms with Crippen molar-refractivity contribution in [2.75, 3.05) is 6.61 Å². The van der Waals surface area contributed by atoms with Gasteiger partial charge in [0, 0.05) is 18.7 Å². The van der Waals surface area contributed by atoms with E-state index < -0.39 is 73.7 Å². The number of benzene rings is 2. The van der Waals surface area contributed by atoms with Crippen LogP contribution in [0.2, 0.25) is 18.1 Å². The minimum Gasteiger partial charge on any atom is -0.457 e. The summed E-state index contributed by atoms with van der Waals surface area (Å²) in [5.74, 6) is -2.89. The van der Waals surface area contributed by atoms with Gasteiger partial charge in [0.05, 0.1) is 32.9 Å². The average Bonchev–Trinajstić information content (AvgIpc) is 2.97. The largest absolute Gasteiger partial charge is 0.508 e. The van der Waals surface area contributed by atoms with E-state index in [0.29, 0.717) is 0 Å². The zero-order valence-corrected chi connectivity index (χ0v) is 27.5. The molecule has 3 rings (SSSR count). The van der Waals surface area contributed by atoms with Crippen molar-refractivity contribution in [3.63, 3.8) is 0 Å². The minimum atomic E-state index is -2.21. The highest BCUT2D eigenvalue weighted by Crippen LogP contribution is 2.39. The molecule has 0 bridgehead atoms. The summed E-state index contributed by atoms with van der Waals surface area (Å²) in [4.78, 5) is 60.9. The Morgan fingerprint density at radius 1 is 0.957 bits per heavy atom. The van der Waals surface area contributed by atoms with Gasteiger partial charge in [0.25, 0.3) is 11.4 Å². The number of esters is 1. The monoisotopic (exact) mass is 661 g/mol. The minimum absolute atomic E-state index is 0.0987. The van der Waals surface area contributed by atoms with Crippen molar-refractivity contribution in [1.82, 2.24) is 4.90 Å². The van der Waals surface area contributed by atoms with Crippen LogP contribution < -0.4 is 0 Å². The van der Waals surface area contributed by atoms with Crippen LogP contribution in [-0.4, -0.2) is 71.2 Å². The quantitative estimate of drug-likeness (QED) is 0.0951. The molecule has 1 aliphatic heterocycles. The number of nitro benzene ring substituents is 2. The van der Waals surface area contributed by atoms with Gasteiger partial charge < -0.3 is 28.6 Å². The van der Waals surface area contributed by atoms with Crippen molar-refractivity contribution in [3.8, 4) is 0 Å². The number of aliphatic hydroxyl groups excluding tert-OH is 1. The standard InChI is InChI=1S/C30H39N3O12Si/c1-19(45-29(37)43-18-21-12-8-10-14-23(21)33(40)41)25-24(15-16-44-46(5,6)30(2,3)4)31(26(25)34)27(35)28(36)42-17-20-11-7-9-13-22(20)32(38)39/h7-14,19,24-25,27,35H,15-18H2,1-6H3/t19-,24?,25?,27?/m0/s1. The Labute approximate surface area is 266 Å². The van der Waals surface area contributed by atoms with Gasteiger partial charge in [0.15, 0.2) is 8.32 Å². The number of nitrogens with zero attached hydrogens (tertiary/aromatic N) is 3. The molecule has 1 fully saturated rings. The molecule has 2 aromatic rings. The number of carbonyl (C=O) groups excluding carboxylic acids is 3. The Morgan fingerprint density at radius 2 is 1.46 bits per heavy atom. The molecule has 46 heavy (non-hydrogen) atoms. The molecule has 0 aromatic heterocycles. The van der Waals surface area contributed by atoms with E-state index >= 15 is 0 Å². The smallest absolute Gasteiger partial charge is 0.457 e. The lowest BCUT2D eigenvalue weighted by atomic mass is 9.81. The molecular formula is C30H39N3O12Si. The van der Waals surface area contributed by atoms with Crippen molar-refractivity contribution < 1.29 is 48.0 Å². The summed E-state index contributed by atoms with van der Waals surface area (Å²) in [6.45, 7) is 10.9. The number of carbonyl (C=O) groups is 3. The fraction of sp³-hybridized carbons (Fsp3) is 0.500. The molecule has 0 radical (unpaired) electrons. The third kappa shape index (κ3) is 8.44. The number of aliphatic hydroxyl groups is 1. The topological polar surface area (TPSA) is 198 Å². The highest BCUT2D eigenvalue weighted by molar-refractivity contribution is 6.74. The van der Waals surface area contributed by atoms with Gasteiger partial charge in [0.1, 0.15) is 19.3 Å². The first kappa shape index (κ1) is 36.1. The molecule has 0 aliphatic carbocycles. The number of likely N-dealkylation sites (tertiary alicyclic amines) is 1. The predicted octanol–water partition coefficient (Wildman–Crippen LogP) is 4.85. The number of nitro groups is 2. The molecule has 2 aromatic carbocycles. The van der Waals surface area contributed by atoms with E-state index in [1.54, 1.807) is 6.07 Å². The summed E-state index contributed by atoms with van der Waals surface area (Å²) < 4.78 is 21.8. The summed E-state index contributed by atoms with van der Waals surface area (Å²) in [7, 11) is -2.21. The summed E-state index contributed by atoms with van der Waals surface area (Å²) >= 11 is 0. The molecule has 250 valence electrons. The number of ether oxygens (including phenoxy) is 3. The maximum Gasteiger partial charge on any atom is 0.508 e. The molecule has 1 N–H and O–H groups in total. The lowest BCUT2D eigenvalue weighted by Crippen LogP contribution is -2.69. The van der Waals surface area contributed by atoms with Crippen LogP contribution in [0.3, 0.4) is 0 Å². The number of hydrogen-bond donors (Lipinski definition) is 1. The summed E-state index contributed by atoms with van der Waals surface area (Å²) in [6, 6.07) is 10.5. The Kier molecular flexibility index (Phi) is 11.6. The highest BCUT2D eigenvalue weighted by Gasteiger charge is 2.55. The normalized spacial score (nSPS) is 17.8. The fourth-order valence-electron chi connectivity index (χ4n) is 4.73. The first-order valence-corrected chi connectivity index (χ1v) is 17.5. The molecular weight excluding hydrogens is 622 g/mol. The van der Waals surface area contributed by atoms with Crippen molar-refractivity contribution in [2.24, 2.45) is 5.92 Å². The third-order valence-electron chi connectivity index (χ3n) is 8.35. The summed E-state index contributed by atoms with van der Waals surface area (Å²) in [5, 5.41) is 33.3. The maximum atomic E-state index is 13.3.